The van der Waals surface area contributed by atoms with Crippen LogP contribution in [0.2, 0.25) is 0 Å². The molecule has 0 aromatic heterocycles. The maximum atomic E-state index is 6.00. The van der Waals surface area contributed by atoms with E-state index in [0.29, 0.717) is 0 Å². The Hall–Kier alpha value is -0.580. The van der Waals surface area contributed by atoms with Crippen molar-refractivity contribution in [1.29, 1.82) is 10.8 Å². The van der Waals surface area contributed by atoms with Crippen LogP contribution in [0.25, 0.3) is 0 Å². The number of nitrogens with zero attached hydrogens (tertiary/aromatic N) is 2. The van der Waals surface area contributed by atoms with Crippen molar-refractivity contribution < 1.29 is 0 Å². The van der Waals surface area contributed by atoms with Crippen LogP contribution in [0, 0.1) is 10.8 Å². The van der Waals surface area contributed by atoms with E-state index in [9.17, 15) is 0 Å². The van der Waals surface area contributed by atoms with E-state index in [1.54, 1.807) is 0 Å². The lowest BCUT2D eigenvalue weighted by atomic mass is 10.1. The summed E-state index contributed by atoms with van der Waals surface area (Å²) in [6.07, 6.45) is 13.0. The zero-order valence-corrected chi connectivity index (χ0v) is 9.26. The first kappa shape index (κ1) is 14.9. The molecule has 2 nitrogen and oxygen atoms in total. The lowest BCUT2D eigenvalue weighted by Gasteiger charge is -1.98. The molecule has 0 radical (unpaired) electrons. The van der Waals surface area contributed by atoms with E-state index in [1.165, 1.54) is 57.8 Å². The van der Waals surface area contributed by atoms with E-state index in [0.717, 1.165) is 0 Å². The number of unbranched alkanes of at least 4 members (excludes halogenated alkanes) is 8. The van der Waals surface area contributed by atoms with E-state index >= 15 is 0 Å². The van der Waals surface area contributed by atoms with Gasteiger partial charge in [0.05, 0.1) is 0 Å². The highest BCUT2D eigenvalue weighted by molar-refractivity contribution is 4.44. The summed E-state index contributed by atoms with van der Waals surface area (Å²) in [5, 5.41) is 12.0. The van der Waals surface area contributed by atoms with E-state index in [2.05, 4.69) is 13.8 Å². The van der Waals surface area contributed by atoms with Gasteiger partial charge in [0.2, 0.25) is 0 Å². The minimum Gasteiger partial charge on any atom is -0.0654 e. The summed E-state index contributed by atoms with van der Waals surface area (Å²) < 4.78 is 0. The number of rotatable bonds is 8. The molecule has 0 aromatic rings. The summed E-state index contributed by atoms with van der Waals surface area (Å²) in [6, 6.07) is 0. The molecule has 0 heterocycles. The van der Waals surface area contributed by atoms with Crippen molar-refractivity contribution in [2.75, 3.05) is 0 Å². The second-order valence-electron chi connectivity index (χ2n) is 3.47. The molecule has 0 aliphatic heterocycles. The van der Waals surface area contributed by atoms with Gasteiger partial charge >= 0.3 is 0 Å². The second-order valence-corrected chi connectivity index (χ2v) is 3.47. The molecular formula is C11H24N2. The van der Waals surface area contributed by atoms with Gasteiger partial charge in [-0.1, -0.05) is 71.6 Å². The second kappa shape index (κ2) is 17.5. The maximum absolute atomic E-state index is 6.00. The molecule has 0 aliphatic rings. The third kappa shape index (κ3) is 18.4. The summed E-state index contributed by atoms with van der Waals surface area (Å²) in [5.41, 5.74) is 0. The molecule has 0 atom stereocenters. The predicted molar refractivity (Wildman–Crippen MR) is 56.4 cm³/mol. The van der Waals surface area contributed by atoms with E-state index in [-0.39, 0.29) is 0 Å². The van der Waals surface area contributed by atoms with Crippen LogP contribution in [0.15, 0.2) is 0 Å². The van der Waals surface area contributed by atoms with Gasteiger partial charge in [-0.25, -0.2) is 0 Å². The third-order valence-corrected chi connectivity index (χ3v) is 2.21. The Morgan fingerprint density at radius 2 is 0.769 bits per heavy atom. The van der Waals surface area contributed by atoms with Crippen molar-refractivity contribution in [1.82, 2.24) is 0 Å². The molecule has 0 N–H and O–H groups in total. The van der Waals surface area contributed by atoms with Crippen LogP contribution in [0.3, 0.4) is 0 Å². The molecule has 78 valence electrons. The van der Waals surface area contributed by atoms with Crippen molar-refractivity contribution in [3.8, 4) is 0 Å². The molecule has 0 fully saturated rings. The Kier molecular flexibility index (Phi) is 20.1. The van der Waals surface area contributed by atoms with Gasteiger partial charge in [0.15, 0.2) is 0 Å². The first-order chi connectivity index (χ1) is 6.41. The Bertz CT molecular complexity index is 81.3. The summed E-state index contributed by atoms with van der Waals surface area (Å²) in [6.45, 7) is 4.55. The Morgan fingerprint density at radius 1 is 0.538 bits per heavy atom. The lowest BCUT2D eigenvalue weighted by Crippen LogP contribution is -1.79. The van der Waals surface area contributed by atoms with E-state index in [4.69, 9.17) is 10.8 Å². The standard InChI is InChI=1S/C11H24.N2/c1-3-5-7-9-11-10-8-6-4-2;1-2/h3-11H2,1-2H3;. The average Bonchev–Trinajstić information content (AvgIpc) is 2.20. The SMILES string of the molecule is CCCCCCCCCCC.N#N. The summed E-state index contributed by atoms with van der Waals surface area (Å²) in [5.74, 6) is 0. The van der Waals surface area contributed by atoms with Gasteiger partial charge in [-0.05, 0) is 0 Å². The molecule has 0 rings (SSSR count). The highest BCUT2D eigenvalue weighted by atomic mass is 14.6. The Morgan fingerprint density at radius 3 is 1.00 bits per heavy atom. The lowest BCUT2D eigenvalue weighted by molar-refractivity contribution is 0.572. The van der Waals surface area contributed by atoms with Gasteiger partial charge in [0, 0.05) is 10.8 Å². The average molecular weight is 184 g/mol. The Balaban J connectivity index is 0. The van der Waals surface area contributed by atoms with Crippen LogP contribution >= 0.6 is 0 Å². The zero-order valence-electron chi connectivity index (χ0n) is 9.26. The van der Waals surface area contributed by atoms with Crippen LogP contribution in [0.4, 0.5) is 0 Å². The number of hydrogen-bond donors (Lipinski definition) is 0. The fraction of sp³-hybridized carbons (Fsp3) is 1.00. The van der Waals surface area contributed by atoms with Crippen molar-refractivity contribution in [3.63, 3.8) is 0 Å². The molecule has 0 unspecified atom stereocenters. The molecule has 13 heavy (non-hydrogen) atoms. The van der Waals surface area contributed by atoms with Crippen LogP contribution in [0.1, 0.15) is 71.6 Å². The molecule has 0 bridgehead atoms. The minimum absolute atomic E-state index is 1.37. The predicted octanol–water partition coefficient (Wildman–Crippen LogP) is 4.57. The first-order valence-electron chi connectivity index (χ1n) is 5.61. The molecular weight excluding hydrogens is 160 g/mol. The molecule has 0 aliphatic carbocycles. The molecule has 0 saturated heterocycles. The highest BCUT2D eigenvalue weighted by Crippen LogP contribution is 2.08. The first-order valence-corrected chi connectivity index (χ1v) is 5.61. The molecule has 0 saturated carbocycles. The van der Waals surface area contributed by atoms with Crippen LogP contribution < -0.4 is 0 Å². The van der Waals surface area contributed by atoms with Crippen molar-refractivity contribution >= 4 is 0 Å². The van der Waals surface area contributed by atoms with Gasteiger partial charge < -0.3 is 0 Å². The van der Waals surface area contributed by atoms with Crippen LogP contribution in [0.5, 0.6) is 0 Å². The fourth-order valence-corrected chi connectivity index (χ4v) is 1.38. The van der Waals surface area contributed by atoms with Gasteiger partial charge in [-0.2, -0.15) is 0 Å². The van der Waals surface area contributed by atoms with Crippen molar-refractivity contribution in [2.24, 2.45) is 0 Å². The van der Waals surface area contributed by atoms with Crippen molar-refractivity contribution in [3.05, 3.63) is 0 Å². The number of hydrogen-bond acceptors (Lipinski definition) is 2. The monoisotopic (exact) mass is 184 g/mol. The van der Waals surface area contributed by atoms with Gasteiger partial charge in [0.25, 0.3) is 0 Å². The van der Waals surface area contributed by atoms with Crippen molar-refractivity contribution in [2.45, 2.75) is 71.6 Å². The molecule has 0 aromatic carbocycles. The highest BCUT2D eigenvalue weighted by Gasteiger charge is 1.88. The Labute approximate surface area is 83.1 Å². The zero-order chi connectivity index (χ0) is 10.4. The molecule has 0 amide bonds. The fourth-order valence-electron chi connectivity index (χ4n) is 1.38. The van der Waals surface area contributed by atoms with Gasteiger partial charge in [0.1, 0.15) is 0 Å². The van der Waals surface area contributed by atoms with Crippen LogP contribution in [-0.2, 0) is 0 Å². The minimum atomic E-state index is 1.37. The van der Waals surface area contributed by atoms with Gasteiger partial charge in [-0.15, -0.1) is 0 Å². The molecule has 0 spiro atoms. The maximum Gasteiger partial charge on any atom is 0 e. The van der Waals surface area contributed by atoms with E-state index in [1.807, 2.05) is 0 Å². The topological polar surface area (TPSA) is 47.6 Å². The summed E-state index contributed by atoms with van der Waals surface area (Å²) in [7, 11) is 0. The summed E-state index contributed by atoms with van der Waals surface area (Å²) >= 11 is 0. The quantitative estimate of drug-likeness (QED) is 0.410. The van der Waals surface area contributed by atoms with E-state index < -0.39 is 0 Å². The van der Waals surface area contributed by atoms with Crippen LogP contribution in [-0.4, -0.2) is 0 Å². The smallest absolute Gasteiger partial charge is 0 e. The molecule has 2 heteroatoms. The third-order valence-electron chi connectivity index (χ3n) is 2.21. The summed E-state index contributed by atoms with van der Waals surface area (Å²) in [4.78, 5) is 0. The van der Waals surface area contributed by atoms with Gasteiger partial charge in [-0.3, -0.25) is 0 Å². The largest absolute Gasteiger partial charge is 0.0654 e. The normalized spacial score (nSPS) is 8.92.